The first-order valence-electron chi connectivity index (χ1n) is 11.0. The fraction of sp³-hybridized carbons (Fsp3) is 0.458. The van der Waals surface area contributed by atoms with E-state index in [1.54, 1.807) is 12.1 Å². The minimum atomic E-state index is -0.0221. The number of nitrogens with zero attached hydrogens (tertiary/aromatic N) is 3. The Balaban J connectivity index is 1.32. The number of piperidine rings is 1. The molecule has 3 heterocycles. The van der Waals surface area contributed by atoms with Crippen molar-refractivity contribution in [2.45, 2.75) is 32.2 Å². The van der Waals surface area contributed by atoms with Gasteiger partial charge in [-0.15, -0.1) is 0 Å². The van der Waals surface area contributed by atoms with Gasteiger partial charge in [0.05, 0.1) is 13.2 Å². The van der Waals surface area contributed by atoms with E-state index >= 15 is 0 Å². The van der Waals surface area contributed by atoms with Gasteiger partial charge in [0.15, 0.2) is 5.11 Å². The van der Waals surface area contributed by atoms with Gasteiger partial charge in [-0.25, -0.2) is 4.98 Å². The lowest BCUT2D eigenvalue weighted by Gasteiger charge is -2.39. The van der Waals surface area contributed by atoms with Gasteiger partial charge in [0.25, 0.3) is 5.91 Å². The van der Waals surface area contributed by atoms with Crippen molar-refractivity contribution in [3.63, 3.8) is 0 Å². The fourth-order valence-electron chi connectivity index (χ4n) is 4.69. The summed E-state index contributed by atoms with van der Waals surface area (Å²) in [5.74, 6) is 0.331. The number of halogens is 1. The molecule has 4 rings (SSSR count). The van der Waals surface area contributed by atoms with E-state index in [4.69, 9.17) is 28.6 Å². The Morgan fingerprint density at radius 2 is 1.81 bits per heavy atom. The minimum absolute atomic E-state index is 0.0221. The molecule has 1 aromatic heterocycles. The molecule has 0 saturated carbocycles. The first-order chi connectivity index (χ1) is 15.4. The van der Waals surface area contributed by atoms with Crippen LogP contribution in [0, 0.1) is 5.41 Å². The van der Waals surface area contributed by atoms with Crippen molar-refractivity contribution in [2.75, 3.05) is 33.3 Å². The van der Waals surface area contributed by atoms with Crippen LogP contribution in [0.25, 0.3) is 0 Å². The van der Waals surface area contributed by atoms with E-state index in [1.807, 2.05) is 23.1 Å². The number of rotatable bonds is 4. The molecule has 1 aromatic carbocycles. The molecule has 32 heavy (non-hydrogen) atoms. The molecule has 2 aliphatic heterocycles. The zero-order valence-electron chi connectivity index (χ0n) is 18.5. The summed E-state index contributed by atoms with van der Waals surface area (Å²) in [5, 5.41) is 4.56. The van der Waals surface area contributed by atoms with Crippen LogP contribution >= 0.6 is 23.8 Å². The van der Waals surface area contributed by atoms with Crippen LogP contribution in [-0.4, -0.2) is 59.1 Å². The van der Waals surface area contributed by atoms with Crippen molar-refractivity contribution < 1.29 is 9.53 Å². The summed E-state index contributed by atoms with van der Waals surface area (Å²) in [6.45, 7) is 5.50. The fourth-order valence-corrected chi connectivity index (χ4v) is 5.22. The zero-order valence-corrected chi connectivity index (χ0v) is 20.1. The number of thiocarbonyl (C=S) groups is 1. The summed E-state index contributed by atoms with van der Waals surface area (Å²) in [6.07, 6.45) is 3.05. The van der Waals surface area contributed by atoms with Crippen LogP contribution in [0.5, 0.6) is 5.88 Å². The van der Waals surface area contributed by atoms with Gasteiger partial charge in [-0.05, 0) is 55.4 Å². The van der Waals surface area contributed by atoms with Crippen LogP contribution in [0.1, 0.15) is 48.1 Å². The van der Waals surface area contributed by atoms with Crippen molar-refractivity contribution in [3.8, 4) is 5.88 Å². The topological polar surface area (TPSA) is 57.7 Å². The molecular formula is C24H29ClN4O2S. The number of amides is 1. The number of likely N-dealkylation sites (tertiary alicyclic amines) is 2. The predicted molar refractivity (Wildman–Crippen MR) is 130 cm³/mol. The molecule has 2 fully saturated rings. The first-order valence-corrected chi connectivity index (χ1v) is 11.8. The Hall–Kier alpha value is -2.38. The molecule has 1 atom stereocenters. The molecule has 2 aliphatic rings. The van der Waals surface area contributed by atoms with Crippen molar-refractivity contribution in [1.29, 1.82) is 0 Å². The smallest absolute Gasteiger partial charge is 0.254 e. The number of methoxy groups -OCH3 is 1. The third-order valence-corrected chi connectivity index (χ3v) is 7.27. The zero-order chi connectivity index (χ0) is 22.7. The number of pyridine rings is 1. The van der Waals surface area contributed by atoms with Gasteiger partial charge in [-0.2, -0.15) is 0 Å². The highest BCUT2D eigenvalue weighted by atomic mass is 35.5. The molecule has 1 unspecified atom stereocenters. The van der Waals surface area contributed by atoms with Crippen LogP contribution < -0.4 is 10.1 Å². The van der Waals surface area contributed by atoms with E-state index in [1.165, 1.54) is 12.7 Å². The van der Waals surface area contributed by atoms with Gasteiger partial charge in [0.1, 0.15) is 5.15 Å². The number of ether oxygens (including phenoxy) is 1. The standard InChI is InChI=1S/C24H29ClN4O2S/c1-17(18-6-4-3-5-7-18)26-23(32)29-13-10-24(16-29)8-11-28(12-9-24)22(30)19-14-20(25)27-21(15-19)31-2/h3-7,14-15,17H,8-13,16H2,1-2H3,(H,26,32). The van der Waals surface area contributed by atoms with Gasteiger partial charge in [-0.3, -0.25) is 4.79 Å². The minimum Gasteiger partial charge on any atom is -0.481 e. The Bertz CT molecular complexity index is 979. The molecule has 1 N–H and O–H groups in total. The molecule has 1 spiro atoms. The Morgan fingerprint density at radius 1 is 1.16 bits per heavy atom. The van der Waals surface area contributed by atoms with Crippen molar-refractivity contribution in [2.24, 2.45) is 5.41 Å². The van der Waals surface area contributed by atoms with Crippen LogP contribution in [0.15, 0.2) is 42.5 Å². The molecule has 2 aromatic rings. The van der Waals surface area contributed by atoms with Crippen LogP contribution in [-0.2, 0) is 0 Å². The second kappa shape index (κ2) is 9.63. The SMILES string of the molecule is COc1cc(C(=O)N2CCC3(CC2)CCN(C(=S)NC(C)c2ccccc2)C3)cc(Cl)n1. The highest BCUT2D eigenvalue weighted by Gasteiger charge is 2.42. The molecule has 8 heteroatoms. The van der Waals surface area contributed by atoms with Crippen molar-refractivity contribution in [3.05, 3.63) is 58.7 Å². The summed E-state index contributed by atoms with van der Waals surface area (Å²) in [7, 11) is 1.52. The first kappa shape index (κ1) is 22.8. The Kier molecular flexibility index (Phi) is 6.86. The Morgan fingerprint density at radius 3 is 2.47 bits per heavy atom. The van der Waals surface area contributed by atoms with Gasteiger partial charge in [0.2, 0.25) is 5.88 Å². The second-order valence-corrected chi connectivity index (χ2v) is 9.54. The molecule has 0 bridgehead atoms. The number of carbonyl (C=O) groups is 1. The van der Waals surface area contributed by atoms with Gasteiger partial charge >= 0.3 is 0 Å². The van der Waals surface area contributed by atoms with Crippen molar-refractivity contribution in [1.82, 2.24) is 20.1 Å². The maximum Gasteiger partial charge on any atom is 0.254 e. The summed E-state index contributed by atoms with van der Waals surface area (Å²) in [6, 6.07) is 13.8. The van der Waals surface area contributed by atoms with E-state index in [0.717, 1.165) is 50.6 Å². The number of hydrogen-bond donors (Lipinski definition) is 1. The average molecular weight is 473 g/mol. The van der Waals surface area contributed by atoms with E-state index in [0.29, 0.717) is 11.4 Å². The summed E-state index contributed by atoms with van der Waals surface area (Å²) < 4.78 is 5.15. The quantitative estimate of drug-likeness (QED) is 0.528. The number of carbonyl (C=O) groups excluding carboxylic acids is 1. The third-order valence-electron chi connectivity index (χ3n) is 6.70. The van der Waals surface area contributed by atoms with E-state index < -0.39 is 0 Å². The molecule has 0 radical (unpaired) electrons. The molecule has 6 nitrogen and oxygen atoms in total. The molecule has 1 amide bonds. The monoisotopic (exact) mass is 472 g/mol. The number of benzene rings is 1. The lowest BCUT2D eigenvalue weighted by atomic mass is 9.77. The lowest BCUT2D eigenvalue weighted by Crippen LogP contribution is -2.46. The maximum absolute atomic E-state index is 13.0. The Labute approximate surface area is 199 Å². The predicted octanol–water partition coefficient (Wildman–Crippen LogP) is 4.31. The van der Waals surface area contributed by atoms with Crippen LogP contribution in [0.2, 0.25) is 5.15 Å². The average Bonchev–Trinajstić information content (AvgIpc) is 3.23. The maximum atomic E-state index is 13.0. The normalized spacial score (nSPS) is 18.5. The molecule has 0 aliphatic carbocycles. The highest BCUT2D eigenvalue weighted by Crippen LogP contribution is 2.40. The second-order valence-electron chi connectivity index (χ2n) is 8.77. The molecule has 2 saturated heterocycles. The van der Waals surface area contributed by atoms with Gasteiger partial charge in [0, 0.05) is 37.8 Å². The molecular weight excluding hydrogens is 444 g/mol. The number of hydrogen-bond acceptors (Lipinski definition) is 4. The number of aromatic nitrogens is 1. The number of nitrogens with one attached hydrogen (secondary N) is 1. The third kappa shape index (κ3) is 4.99. The van der Waals surface area contributed by atoms with E-state index in [2.05, 4.69) is 34.3 Å². The van der Waals surface area contributed by atoms with Crippen LogP contribution in [0.4, 0.5) is 0 Å². The molecule has 170 valence electrons. The summed E-state index contributed by atoms with van der Waals surface area (Å²) in [4.78, 5) is 21.2. The largest absolute Gasteiger partial charge is 0.481 e. The lowest BCUT2D eigenvalue weighted by molar-refractivity contribution is 0.0598. The summed E-state index contributed by atoms with van der Waals surface area (Å²) >= 11 is 11.8. The van der Waals surface area contributed by atoms with E-state index in [-0.39, 0.29) is 22.5 Å². The van der Waals surface area contributed by atoms with E-state index in [9.17, 15) is 4.79 Å². The van der Waals surface area contributed by atoms with Crippen molar-refractivity contribution >= 4 is 34.8 Å². The van der Waals surface area contributed by atoms with Crippen LogP contribution in [0.3, 0.4) is 0 Å². The van der Waals surface area contributed by atoms with Gasteiger partial charge in [-0.1, -0.05) is 41.9 Å². The van der Waals surface area contributed by atoms with Gasteiger partial charge < -0.3 is 19.9 Å². The summed E-state index contributed by atoms with van der Waals surface area (Å²) in [5.41, 5.74) is 1.96. The highest BCUT2D eigenvalue weighted by molar-refractivity contribution is 7.80.